The van der Waals surface area contributed by atoms with Gasteiger partial charge in [-0.05, 0) is 49.1 Å². The van der Waals surface area contributed by atoms with Gasteiger partial charge in [-0.25, -0.2) is 12.8 Å². The van der Waals surface area contributed by atoms with Crippen molar-refractivity contribution in [3.63, 3.8) is 0 Å². The lowest BCUT2D eigenvalue weighted by Gasteiger charge is -2.35. The molecule has 0 radical (unpaired) electrons. The molecule has 1 saturated heterocycles. The summed E-state index contributed by atoms with van der Waals surface area (Å²) in [5, 5.41) is 0. The third kappa shape index (κ3) is 2.96. The first-order chi connectivity index (χ1) is 8.95. The molecule has 0 aromatic heterocycles. The second-order valence-corrected chi connectivity index (χ2v) is 7.02. The van der Waals surface area contributed by atoms with Gasteiger partial charge in [-0.3, -0.25) is 0 Å². The summed E-state index contributed by atoms with van der Waals surface area (Å²) < 4.78 is 39.2. The molecule has 0 bridgehead atoms. The Balaban J connectivity index is 2.23. The third-order valence-corrected chi connectivity index (χ3v) is 5.71. The summed E-state index contributed by atoms with van der Waals surface area (Å²) in [6.07, 6.45) is 0.808. The number of piperidine rings is 1. The molecule has 1 aromatic rings. The number of rotatable bonds is 3. The summed E-state index contributed by atoms with van der Waals surface area (Å²) in [4.78, 5) is 0.138. The number of benzene rings is 1. The largest absolute Gasteiger partial charge is 0.330 e. The first kappa shape index (κ1) is 14.4. The average Bonchev–Trinajstić information content (AvgIpc) is 2.39. The highest BCUT2D eigenvalue weighted by Gasteiger charge is 2.32. The molecule has 2 rings (SSSR count). The van der Waals surface area contributed by atoms with Crippen molar-refractivity contribution in [3.05, 3.63) is 30.1 Å². The first-order valence-corrected chi connectivity index (χ1v) is 7.85. The molecule has 2 atom stereocenters. The van der Waals surface area contributed by atoms with Crippen LogP contribution in [-0.4, -0.2) is 32.4 Å². The third-order valence-electron chi connectivity index (χ3n) is 3.83. The normalized spacial score (nSPS) is 25.4. The lowest BCUT2D eigenvalue weighted by molar-refractivity contribution is 0.203. The first-order valence-electron chi connectivity index (χ1n) is 6.41. The zero-order valence-corrected chi connectivity index (χ0v) is 11.7. The minimum Gasteiger partial charge on any atom is -0.330 e. The number of nitrogens with zero attached hydrogens (tertiary/aromatic N) is 1. The molecule has 0 amide bonds. The van der Waals surface area contributed by atoms with E-state index in [1.165, 1.54) is 28.6 Å². The van der Waals surface area contributed by atoms with E-state index in [1.807, 2.05) is 0 Å². The summed E-state index contributed by atoms with van der Waals surface area (Å²) >= 11 is 0. The molecule has 6 heteroatoms. The van der Waals surface area contributed by atoms with E-state index in [0.29, 0.717) is 25.6 Å². The van der Waals surface area contributed by atoms with E-state index in [0.717, 1.165) is 6.42 Å². The summed E-state index contributed by atoms with van der Waals surface area (Å²) in [7, 11) is -3.53. The fourth-order valence-corrected chi connectivity index (χ4v) is 3.91. The Bertz CT molecular complexity index is 530. The minimum atomic E-state index is -3.53. The maximum Gasteiger partial charge on any atom is 0.243 e. The standard InChI is InChI=1S/C13H19FN2O2S/c1-10-6-7-16(9-11(10)8-15)19(17,18)13-4-2-12(14)3-5-13/h2-5,10-11H,6-9,15H2,1H3. The van der Waals surface area contributed by atoms with E-state index in [1.54, 1.807) is 0 Å². The monoisotopic (exact) mass is 286 g/mol. The second-order valence-electron chi connectivity index (χ2n) is 5.08. The summed E-state index contributed by atoms with van der Waals surface area (Å²) in [5.41, 5.74) is 5.69. The molecule has 1 aliphatic rings. The van der Waals surface area contributed by atoms with E-state index >= 15 is 0 Å². The number of sulfonamides is 1. The van der Waals surface area contributed by atoms with Crippen molar-refractivity contribution in [2.24, 2.45) is 17.6 Å². The fourth-order valence-electron chi connectivity index (χ4n) is 2.40. The van der Waals surface area contributed by atoms with Gasteiger partial charge in [-0.15, -0.1) is 0 Å². The van der Waals surface area contributed by atoms with Crippen LogP contribution in [0.5, 0.6) is 0 Å². The van der Waals surface area contributed by atoms with Crippen LogP contribution in [0.2, 0.25) is 0 Å². The molecule has 2 N–H and O–H groups in total. The smallest absolute Gasteiger partial charge is 0.243 e. The van der Waals surface area contributed by atoms with Crippen molar-refractivity contribution < 1.29 is 12.8 Å². The predicted octanol–water partition coefficient (Wildman–Crippen LogP) is 1.43. The number of halogens is 1. The zero-order valence-electron chi connectivity index (χ0n) is 10.9. The van der Waals surface area contributed by atoms with Crippen LogP contribution in [0, 0.1) is 17.7 Å². The molecule has 1 heterocycles. The van der Waals surface area contributed by atoms with Crippen molar-refractivity contribution in [1.82, 2.24) is 4.31 Å². The van der Waals surface area contributed by atoms with E-state index in [4.69, 9.17) is 5.73 Å². The van der Waals surface area contributed by atoms with Crippen LogP contribution in [-0.2, 0) is 10.0 Å². The van der Waals surface area contributed by atoms with Gasteiger partial charge in [-0.1, -0.05) is 6.92 Å². The fraction of sp³-hybridized carbons (Fsp3) is 0.538. The van der Waals surface area contributed by atoms with Gasteiger partial charge in [0.05, 0.1) is 4.90 Å². The number of hydrogen-bond acceptors (Lipinski definition) is 3. The van der Waals surface area contributed by atoms with E-state index in [9.17, 15) is 12.8 Å². The van der Waals surface area contributed by atoms with Gasteiger partial charge in [0.1, 0.15) is 5.82 Å². The number of nitrogens with two attached hydrogens (primary N) is 1. The van der Waals surface area contributed by atoms with Crippen molar-refractivity contribution in [1.29, 1.82) is 0 Å². The minimum absolute atomic E-state index is 0.138. The molecule has 0 spiro atoms. The Morgan fingerprint density at radius 1 is 1.37 bits per heavy atom. The second kappa shape index (κ2) is 5.56. The van der Waals surface area contributed by atoms with Gasteiger partial charge in [-0.2, -0.15) is 4.31 Å². The van der Waals surface area contributed by atoms with Crippen LogP contribution >= 0.6 is 0 Å². The van der Waals surface area contributed by atoms with Gasteiger partial charge in [0.15, 0.2) is 0 Å². The molecule has 0 saturated carbocycles. The molecule has 2 unspecified atom stereocenters. The zero-order chi connectivity index (χ0) is 14.0. The van der Waals surface area contributed by atoms with Gasteiger partial charge in [0.2, 0.25) is 10.0 Å². The molecule has 106 valence electrons. The van der Waals surface area contributed by atoms with Crippen LogP contribution in [0.1, 0.15) is 13.3 Å². The van der Waals surface area contributed by atoms with Gasteiger partial charge in [0, 0.05) is 13.1 Å². The summed E-state index contributed by atoms with van der Waals surface area (Å²) in [6, 6.07) is 4.94. The molecule has 1 fully saturated rings. The van der Waals surface area contributed by atoms with Crippen molar-refractivity contribution in [2.75, 3.05) is 19.6 Å². The SMILES string of the molecule is CC1CCN(S(=O)(=O)c2ccc(F)cc2)CC1CN. The maximum absolute atomic E-state index is 12.9. The van der Waals surface area contributed by atoms with Crippen LogP contribution in [0.3, 0.4) is 0 Å². The maximum atomic E-state index is 12.9. The lowest BCUT2D eigenvalue weighted by Crippen LogP contribution is -2.45. The molecule has 0 aliphatic carbocycles. The predicted molar refractivity (Wildman–Crippen MR) is 71.5 cm³/mol. The van der Waals surface area contributed by atoms with Gasteiger partial charge >= 0.3 is 0 Å². The lowest BCUT2D eigenvalue weighted by atomic mass is 9.88. The Morgan fingerprint density at radius 2 is 2.00 bits per heavy atom. The molecule has 19 heavy (non-hydrogen) atoms. The summed E-state index contributed by atoms with van der Waals surface area (Å²) in [6.45, 7) is 3.52. The Kier molecular flexibility index (Phi) is 4.23. The van der Waals surface area contributed by atoms with Crippen molar-refractivity contribution in [3.8, 4) is 0 Å². The molecular formula is C13H19FN2O2S. The van der Waals surface area contributed by atoms with Gasteiger partial charge < -0.3 is 5.73 Å². The quantitative estimate of drug-likeness (QED) is 0.914. The molecular weight excluding hydrogens is 267 g/mol. The van der Waals surface area contributed by atoms with Gasteiger partial charge in [0.25, 0.3) is 0 Å². The highest BCUT2D eigenvalue weighted by Crippen LogP contribution is 2.27. The van der Waals surface area contributed by atoms with Crippen LogP contribution in [0.25, 0.3) is 0 Å². The topological polar surface area (TPSA) is 63.4 Å². The summed E-state index contributed by atoms with van der Waals surface area (Å²) in [5.74, 6) is 0.180. The Hall–Kier alpha value is -0.980. The van der Waals surface area contributed by atoms with E-state index in [2.05, 4.69) is 6.92 Å². The Labute approximate surface area is 113 Å². The van der Waals surface area contributed by atoms with Crippen LogP contribution in [0.15, 0.2) is 29.2 Å². The van der Waals surface area contributed by atoms with Crippen molar-refractivity contribution >= 4 is 10.0 Å². The van der Waals surface area contributed by atoms with E-state index in [-0.39, 0.29) is 10.8 Å². The van der Waals surface area contributed by atoms with Crippen molar-refractivity contribution in [2.45, 2.75) is 18.2 Å². The van der Waals surface area contributed by atoms with E-state index < -0.39 is 15.8 Å². The van der Waals surface area contributed by atoms with Crippen LogP contribution in [0.4, 0.5) is 4.39 Å². The molecule has 4 nitrogen and oxygen atoms in total. The highest BCUT2D eigenvalue weighted by atomic mass is 32.2. The Morgan fingerprint density at radius 3 is 2.58 bits per heavy atom. The average molecular weight is 286 g/mol. The number of hydrogen-bond donors (Lipinski definition) is 1. The molecule has 1 aliphatic heterocycles. The van der Waals surface area contributed by atoms with Crippen LogP contribution < -0.4 is 5.73 Å². The molecule has 1 aromatic carbocycles. The highest BCUT2D eigenvalue weighted by molar-refractivity contribution is 7.89.